The Balaban J connectivity index is 1.84. The molecule has 2 heterocycles. The molecule has 1 fully saturated rings. The van der Waals surface area contributed by atoms with Gasteiger partial charge in [-0.25, -0.2) is 0 Å². The van der Waals surface area contributed by atoms with Crippen LogP contribution in [0.25, 0.3) is 0 Å². The minimum absolute atomic E-state index is 0.205. The van der Waals surface area contributed by atoms with Crippen molar-refractivity contribution in [1.29, 1.82) is 0 Å². The maximum atomic E-state index is 11.2. The van der Waals surface area contributed by atoms with Crippen molar-refractivity contribution in [3.05, 3.63) is 30.1 Å². The second-order valence-corrected chi connectivity index (χ2v) is 4.47. The van der Waals surface area contributed by atoms with Crippen LogP contribution >= 0.6 is 0 Å². The van der Waals surface area contributed by atoms with Crippen molar-refractivity contribution in [2.75, 3.05) is 13.1 Å². The monoisotopic (exact) mass is 218 g/mol. The van der Waals surface area contributed by atoms with E-state index in [1.54, 1.807) is 6.92 Å². The molecule has 0 N–H and O–H groups in total. The molecule has 2 rings (SSSR count). The quantitative estimate of drug-likeness (QED) is 0.759. The van der Waals surface area contributed by atoms with Crippen LogP contribution in [-0.2, 0) is 11.2 Å². The number of pyridine rings is 1. The summed E-state index contributed by atoms with van der Waals surface area (Å²) >= 11 is 0. The van der Waals surface area contributed by atoms with Gasteiger partial charge in [-0.1, -0.05) is 6.07 Å². The number of aromatic nitrogens is 1. The molecule has 3 nitrogen and oxygen atoms in total. The summed E-state index contributed by atoms with van der Waals surface area (Å²) in [4.78, 5) is 17.5. The maximum Gasteiger partial charge on any atom is 0.219 e. The number of carbonyl (C=O) groups is 1. The summed E-state index contributed by atoms with van der Waals surface area (Å²) < 4.78 is 0. The molecular formula is C13H18N2O. The van der Waals surface area contributed by atoms with E-state index in [1.165, 1.54) is 5.69 Å². The lowest BCUT2D eigenvalue weighted by molar-refractivity contribution is -0.130. The molecular weight excluding hydrogens is 200 g/mol. The van der Waals surface area contributed by atoms with Crippen LogP contribution in [0.5, 0.6) is 0 Å². The molecule has 0 aromatic carbocycles. The standard InChI is InChI=1S/C13H18N2O/c1-11(16)15-8-5-12(6-9-15)10-13-4-2-3-7-14-13/h2-4,7,12H,5-6,8-10H2,1H3. The minimum atomic E-state index is 0.205. The summed E-state index contributed by atoms with van der Waals surface area (Å²) in [6.07, 6.45) is 5.11. The van der Waals surface area contributed by atoms with Gasteiger partial charge in [0.2, 0.25) is 5.91 Å². The molecule has 1 aliphatic rings. The average molecular weight is 218 g/mol. The van der Waals surface area contributed by atoms with Crippen LogP contribution < -0.4 is 0 Å². The fraction of sp³-hybridized carbons (Fsp3) is 0.538. The summed E-state index contributed by atoms with van der Waals surface area (Å²) in [5, 5.41) is 0. The number of carbonyl (C=O) groups excluding carboxylic acids is 1. The van der Waals surface area contributed by atoms with Gasteiger partial charge in [0, 0.05) is 31.9 Å². The third-order valence-corrected chi connectivity index (χ3v) is 3.28. The fourth-order valence-corrected chi connectivity index (χ4v) is 2.27. The van der Waals surface area contributed by atoms with E-state index in [-0.39, 0.29) is 5.91 Å². The zero-order valence-corrected chi connectivity index (χ0v) is 9.72. The van der Waals surface area contributed by atoms with Gasteiger partial charge in [-0.05, 0) is 37.3 Å². The lowest BCUT2D eigenvalue weighted by Gasteiger charge is -2.31. The predicted octanol–water partition coefficient (Wildman–Crippen LogP) is 1.88. The zero-order valence-electron chi connectivity index (χ0n) is 9.72. The van der Waals surface area contributed by atoms with E-state index in [0.29, 0.717) is 5.92 Å². The Morgan fingerprint density at radius 3 is 2.75 bits per heavy atom. The van der Waals surface area contributed by atoms with Crippen LogP contribution in [0.4, 0.5) is 0 Å². The topological polar surface area (TPSA) is 33.2 Å². The van der Waals surface area contributed by atoms with E-state index in [0.717, 1.165) is 32.4 Å². The van der Waals surface area contributed by atoms with Gasteiger partial charge in [-0.3, -0.25) is 9.78 Å². The van der Waals surface area contributed by atoms with Crippen LogP contribution in [0, 0.1) is 5.92 Å². The first kappa shape index (κ1) is 11.1. The Bertz CT molecular complexity index is 342. The normalized spacial score (nSPS) is 17.4. The third kappa shape index (κ3) is 2.81. The molecule has 0 radical (unpaired) electrons. The second-order valence-electron chi connectivity index (χ2n) is 4.47. The summed E-state index contributed by atoms with van der Waals surface area (Å²) in [5.74, 6) is 0.891. The Morgan fingerprint density at radius 1 is 1.44 bits per heavy atom. The summed E-state index contributed by atoms with van der Waals surface area (Å²) in [5.41, 5.74) is 1.17. The van der Waals surface area contributed by atoms with Crippen molar-refractivity contribution < 1.29 is 4.79 Å². The fourth-order valence-electron chi connectivity index (χ4n) is 2.27. The second kappa shape index (κ2) is 5.10. The van der Waals surface area contributed by atoms with Gasteiger partial charge in [0.05, 0.1) is 0 Å². The van der Waals surface area contributed by atoms with Gasteiger partial charge in [0.1, 0.15) is 0 Å². The Kier molecular flexibility index (Phi) is 3.54. The van der Waals surface area contributed by atoms with Crippen molar-refractivity contribution in [3.8, 4) is 0 Å². The van der Waals surface area contributed by atoms with Crippen molar-refractivity contribution in [2.45, 2.75) is 26.2 Å². The SMILES string of the molecule is CC(=O)N1CCC(Cc2ccccn2)CC1. The summed E-state index contributed by atoms with van der Waals surface area (Å²) in [6.45, 7) is 3.47. The van der Waals surface area contributed by atoms with Gasteiger partial charge in [-0.15, -0.1) is 0 Å². The van der Waals surface area contributed by atoms with Crippen molar-refractivity contribution in [3.63, 3.8) is 0 Å². The van der Waals surface area contributed by atoms with E-state index in [4.69, 9.17) is 0 Å². The van der Waals surface area contributed by atoms with Gasteiger partial charge in [0.25, 0.3) is 0 Å². The molecule has 0 unspecified atom stereocenters. The number of piperidine rings is 1. The highest BCUT2D eigenvalue weighted by molar-refractivity contribution is 5.73. The molecule has 1 aliphatic heterocycles. The highest BCUT2D eigenvalue weighted by Gasteiger charge is 2.20. The lowest BCUT2D eigenvalue weighted by Crippen LogP contribution is -2.37. The predicted molar refractivity (Wildman–Crippen MR) is 62.9 cm³/mol. The molecule has 1 amide bonds. The zero-order chi connectivity index (χ0) is 11.4. The smallest absolute Gasteiger partial charge is 0.219 e. The van der Waals surface area contributed by atoms with Crippen LogP contribution in [0.3, 0.4) is 0 Å². The van der Waals surface area contributed by atoms with Gasteiger partial charge < -0.3 is 4.90 Å². The molecule has 0 atom stereocenters. The molecule has 0 bridgehead atoms. The number of hydrogen-bond donors (Lipinski definition) is 0. The van der Waals surface area contributed by atoms with Crippen molar-refractivity contribution >= 4 is 5.91 Å². The molecule has 1 aromatic heterocycles. The molecule has 1 saturated heterocycles. The largest absolute Gasteiger partial charge is 0.343 e. The first-order valence-corrected chi connectivity index (χ1v) is 5.91. The lowest BCUT2D eigenvalue weighted by atomic mass is 9.92. The molecule has 0 saturated carbocycles. The number of nitrogens with zero attached hydrogens (tertiary/aromatic N) is 2. The first-order chi connectivity index (χ1) is 7.75. The minimum Gasteiger partial charge on any atom is -0.343 e. The third-order valence-electron chi connectivity index (χ3n) is 3.28. The Labute approximate surface area is 96.5 Å². The van der Waals surface area contributed by atoms with Crippen LogP contribution in [0.2, 0.25) is 0 Å². The summed E-state index contributed by atoms with van der Waals surface area (Å²) in [7, 11) is 0. The molecule has 86 valence electrons. The summed E-state index contributed by atoms with van der Waals surface area (Å²) in [6, 6.07) is 6.06. The number of rotatable bonds is 2. The van der Waals surface area contributed by atoms with Crippen molar-refractivity contribution in [2.24, 2.45) is 5.92 Å². The molecule has 16 heavy (non-hydrogen) atoms. The average Bonchev–Trinajstić information content (AvgIpc) is 2.31. The van der Waals surface area contributed by atoms with Crippen LogP contribution in [0.15, 0.2) is 24.4 Å². The van der Waals surface area contributed by atoms with E-state index < -0.39 is 0 Å². The van der Waals surface area contributed by atoms with E-state index in [2.05, 4.69) is 11.1 Å². The molecule has 0 spiro atoms. The van der Waals surface area contributed by atoms with Gasteiger partial charge in [-0.2, -0.15) is 0 Å². The highest BCUT2D eigenvalue weighted by Crippen LogP contribution is 2.20. The first-order valence-electron chi connectivity index (χ1n) is 5.91. The molecule has 3 heteroatoms. The molecule has 0 aliphatic carbocycles. The van der Waals surface area contributed by atoms with Gasteiger partial charge >= 0.3 is 0 Å². The maximum absolute atomic E-state index is 11.2. The number of amides is 1. The number of likely N-dealkylation sites (tertiary alicyclic amines) is 1. The van der Waals surface area contributed by atoms with E-state index in [9.17, 15) is 4.79 Å². The molecule has 1 aromatic rings. The highest BCUT2D eigenvalue weighted by atomic mass is 16.2. The van der Waals surface area contributed by atoms with Crippen molar-refractivity contribution in [1.82, 2.24) is 9.88 Å². The Hall–Kier alpha value is -1.38. The van der Waals surface area contributed by atoms with Crippen LogP contribution in [0.1, 0.15) is 25.5 Å². The van der Waals surface area contributed by atoms with Gasteiger partial charge in [0.15, 0.2) is 0 Å². The van der Waals surface area contributed by atoms with E-state index >= 15 is 0 Å². The Morgan fingerprint density at radius 2 is 2.19 bits per heavy atom. The van der Waals surface area contributed by atoms with E-state index in [1.807, 2.05) is 23.2 Å². The number of hydrogen-bond acceptors (Lipinski definition) is 2. The van der Waals surface area contributed by atoms with Crippen LogP contribution in [-0.4, -0.2) is 28.9 Å².